The van der Waals surface area contributed by atoms with Gasteiger partial charge in [0.2, 0.25) is 5.91 Å². The van der Waals surface area contributed by atoms with Gasteiger partial charge in [0.15, 0.2) is 0 Å². The molecule has 0 saturated heterocycles. The van der Waals surface area contributed by atoms with Crippen molar-refractivity contribution in [2.24, 2.45) is 0 Å². The van der Waals surface area contributed by atoms with E-state index in [9.17, 15) is 4.79 Å². The molecule has 0 radical (unpaired) electrons. The average Bonchev–Trinajstić information content (AvgIpc) is 3.03. The first kappa shape index (κ1) is 18.6. The number of nitrogens with zero attached hydrogens (tertiary/aromatic N) is 2. The third-order valence-corrected chi connectivity index (χ3v) is 4.39. The molecule has 1 atom stereocenters. The normalized spacial score (nSPS) is 11.8. The predicted octanol–water partition coefficient (Wildman–Crippen LogP) is 3.69. The van der Waals surface area contributed by atoms with Crippen LogP contribution in [0.15, 0.2) is 53.2 Å². The lowest BCUT2D eigenvalue weighted by Gasteiger charge is -2.13. The Kier molecular flexibility index (Phi) is 5.86. The average molecular weight is 365 g/mol. The van der Waals surface area contributed by atoms with Gasteiger partial charge in [-0.15, -0.1) is 0 Å². The Balaban J connectivity index is 1.57. The highest BCUT2D eigenvalue weighted by Gasteiger charge is 2.22. The molecule has 1 amide bonds. The van der Waals surface area contributed by atoms with Crippen LogP contribution in [0.1, 0.15) is 41.1 Å². The van der Waals surface area contributed by atoms with Gasteiger partial charge in [0.05, 0.1) is 17.3 Å². The molecule has 3 aromatic rings. The molecule has 140 valence electrons. The minimum atomic E-state index is -0.320. The maximum Gasteiger partial charge on any atom is 0.227 e. The number of benzene rings is 1. The summed E-state index contributed by atoms with van der Waals surface area (Å²) in [4.78, 5) is 16.7. The summed E-state index contributed by atoms with van der Waals surface area (Å²) < 4.78 is 10.9. The summed E-state index contributed by atoms with van der Waals surface area (Å²) >= 11 is 0. The number of carbonyl (C=O) groups is 1. The fourth-order valence-electron chi connectivity index (χ4n) is 2.97. The topological polar surface area (TPSA) is 77.2 Å². The van der Waals surface area contributed by atoms with Crippen molar-refractivity contribution >= 4 is 5.91 Å². The van der Waals surface area contributed by atoms with Crippen molar-refractivity contribution in [3.63, 3.8) is 0 Å². The van der Waals surface area contributed by atoms with E-state index >= 15 is 0 Å². The van der Waals surface area contributed by atoms with Crippen LogP contribution in [0.2, 0.25) is 0 Å². The van der Waals surface area contributed by atoms with E-state index in [1.807, 2.05) is 63.2 Å². The SMILES string of the molecule is Cc1noc(C)c1C(C)C(=O)NCc1cccc(OCc2ccccn2)c1. The number of nitrogens with one attached hydrogen (secondary N) is 1. The monoisotopic (exact) mass is 365 g/mol. The Hall–Kier alpha value is -3.15. The van der Waals surface area contributed by atoms with Crippen LogP contribution in [0, 0.1) is 13.8 Å². The first-order chi connectivity index (χ1) is 13.0. The molecule has 1 aromatic carbocycles. The van der Waals surface area contributed by atoms with Crippen molar-refractivity contribution in [3.8, 4) is 5.75 Å². The first-order valence-electron chi connectivity index (χ1n) is 8.86. The molecule has 6 heteroatoms. The van der Waals surface area contributed by atoms with Crippen LogP contribution in [-0.2, 0) is 17.9 Å². The van der Waals surface area contributed by atoms with Crippen LogP contribution in [0.4, 0.5) is 0 Å². The van der Waals surface area contributed by atoms with Gasteiger partial charge in [0.1, 0.15) is 18.1 Å². The summed E-state index contributed by atoms with van der Waals surface area (Å²) in [5.74, 6) is 1.04. The summed E-state index contributed by atoms with van der Waals surface area (Å²) in [5, 5.41) is 6.88. The van der Waals surface area contributed by atoms with Gasteiger partial charge in [-0.1, -0.05) is 23.4 Å². The van der Waals surface area contributed by atoms with Gasteiger partial charge in [-0.2, -0.15) is 0 Å². The van der Waals surface area contributed by atoms with Gasteiger partial charge in [-0.25, -0.2) is 0 Å². The number of hydrogen-bond acceptors (Lipinski definition) is 5. The maximum absolute atomic E-state index is 12.5. The summed E-state index contributed by atoms with van der Waals surface area (Å²) in [6, 6.07) is 13.4. The van der Waals surface area contributed by atoms with Gasteiger partial charge < -0.3 is 14.6 Å². The number of hydrogen-bond donors (Lipinski definition) is 1. The van der Waals surface area contributed by atoms with E-state index in [4.69, 9.17) is 9.26 Å². The molecule has 2 heterocycles. The maximum atomic E-state index is 12.5. The Morgan fingerprint density at radius 1 is 1.22 bits per heavy atom. The molecule has 1 N–H and O–H groups in total. The van der Waals surface area contributed by atoms with E-state index in [-0.39, 0.29) is 11.8 Å². The molecule has 0 saturated carbocycles. The highest BCUT2D eigenvalue weighted by atomic mass is 16.5. The van der Waals surface area contributed by atoms with E-state index in [2.05, 4.69) is 15.5 Å². The largest absolute Gasteiger partial charge is 0.487 e. The van der Waals surface area contributed by atoms with Gasteiger partial charge >= 0.3 is 0 Å². The zero-order valence-corrected chi connectivity index (χ0v) is 15.7. The zero-order valence-electron chi connectivity index (χ0n) is 15.7. The number of aromatic nitrogens is 2. The standard InChI is InChI=1S/C21H23N3O3/c1-14(20-15(2)24-27-16(20)3)21(25)23-12-17-7-6-9-19(11-17)26-13-18-8-4-5-10-22-18/h4-11,14H,12-13H2,1-3H3,(H,23,25). The van der Waals surface area contributed by atoms with Crippen LogP contribution in [0.5, 0.6) is 5.75 Å². The highest BCUT2D eigenvalue weighted by Crippen LogP contribution is 2.23. The fraction of sp³-hybridized carbons (Fsp3) is 0.286. The Morgan fingerprint density at radius 2 is 2.07 bits per heavy atom. The van der Waals surface area contributed by atoms with E-state index in [0.717, 1.165) is 28.3 Å². The molecule has 0 bridgehead atoms. The molecular formula is C21H23N3O3. The second kappa shape index (κ2) is 8.49. The Morgan fingerprint density at radius 3 is 2.78 bits per heavy atom. The molecule has 0 spiro atoms. The van der Waals surface area contributed by atoms with Crippen LogP contribution in [0.3, 0.4) is 0 Å². The number of carbonyl (C=O) groups excluding carboxylic acids is 1. The number of ether oxygens (including phenoxy) is 1. The summed E-state index contributed by atoms with van der Waals surface area (Å²) in [7, 11) is 0. The molecule has 0 aliphatic heterocycles. The lowest BCUT2D eigenvalue weighted by molar-refractivity contribution is -0.122. The fourth-order valence-corrected chi connectivity index (χ4v) is 2.97. The number of amides is 1. The van der Waals surface area contributed by atoms with E-state index in [1.165, 1.54) is 0 Å². The van der Waals surface area contributed by atoms with Crippen molar-refractivity contribution in [3.05, 3.63) is 76.9 Å². The molecule has 0 aliphatic carbocycles. The van der Waals surface area contributed by atoms with Gasteiger partial charge in [-0.3, -0.25) is 9.78 Å². The van der Waals surface area contributed by atoms with E-state index in [0.29, 0.717) is 18.9 Å². The van der Waals surface area contributed by atoms with Crippen molar-refractivity contribution in [2.45, 2.75) is 39.8 Å². The summed E-state index contributed by atoms with van der Waals surface area (Å²) in [6.45, 7) is 6.35. The van der Waals surface area contributed by atoms with E-state index < -0.39 is 0 Å². The van der Waals surface area contributed by atoms with Crippen LogP contribution < -0.4 is 10.1 Å². The molecule has 0 aliphatic rings. The zero-order chi connectivity index (χ0) is 19.2. The smallest absolute Gasteiger partial charge is 0.227 e. The van der Waals surface area contributed by atoms with Crippen molar-refractivity contribution in [1.82, 2.24) is 15.5 Å². The molecular weight excluding hydrogens is 342 g/mol. The molecule has 0 fully saturated rings. The summed E-state index contributed by atoms with van der Waals surface area (Å²) in [6.07, 6.45) is 1.74. The van der Waals surface area contributed by atoms with Gasteiger partial charge in [-0.05, 0) is 50.6 Å². The third-order valence-electron chi connectivity index (χ3n) is 4.39. The summed E-state index contributed by atoms with van der Waals surface area (Å²) in [5.41, 5.74) is 3.43. The molecule has 27 heavy (non-hydrogen) atoms. The molecule has 2 aromatic heterocycles. The number of rotatable bonds is 7. The van der Waals surface area contributed by atoms with Gasteiger partial charge in [0, 0.05) is 18.3 Å². The van der Waals surface area contributed by atoms with Crippen LogP contribution in [-0.4, -0.2) is 16.0 Å². The second-order valence-electron chi connectivity index (χ2n) is 6.43. The number of aryl methyl sites for hydroxylation is 2. The minimum Gasteiger partial charge on any atom is -0.487 e. The number of pyridine rings is 1. The van der Waals surface area contributed by atoms with Gasteiger partial charge in [0.25, 0.3) is 0 Å². The molecule has 6 nitrogen and oxygen atoms in total. The third kappa shape index (κ3) is 4.73. The quantitative estimate of drug-likeness (QED) is 0.691. The molecule has 1 unspecified atom stereocenters. The predicted molar refractivity (Wildman–Crippen MR) is 101 cm³/mol. The first-order valence-corrected chi connectivity index (χ1v) is 8.86. The van der Waals surface area contributed by atoms with Crippen LogP contribution >= 0.6 is 0 Å². The van der Waals surface area contributed by atoms with Crippen molar-refractivity contribution < 1.29 is 14.1 Å². The van der Waals surface area contributed by atoms with Crippen molar-refractivity contribution in [2.75, 3.05) is 0 Å². The lowest BCUT2D eigenvalue weighted by Crippen LogP contribution is -2.28. The lowest BCUT2D eigenvalue weighted by atomic mass is 9.98. The van der Waals surface area contributed by atoms with E-state index in [1.54, 1.807) is 6.20 Å². The Bertz CT molecular complexity index is 887. The minimum absolute atomic E-state index is 0.0655. The highest BCUT2D eigenvalue weighted by molar-refractivity contribution is 5.83. The van der Waals surface area contributed by atoms with Crippen molar-refractivity contribution in [1.29, 1.82) is 0 Å². The molecule has 3 rings (SSSR count). The Labute approximate surface area is 158 Å². The second-order valence-corrected chi connectivity index (χ2v) is 6.43. The van der Waals surface area contributed by atoms with Crippen LogP contribution in [0.25, 0.3) is 0 Å².